The lowest BCUT2D eigenvalue weighted by atomic mass is 9.77. The van der Waals surface area contributed by atoms with E-state index in [0.717, 1.165) is 0 Å². The lowest BCUT2D eigenvalue weighted by Gasteiger charge is -2.36. The average Bonchev–Trinajstić information content (AvgIpc) is 2.83. The van der Waals surface area contributed by atoms with Crippen LogP contribution >= 0.6 is 0 Å². The highest BCUT2D eigenvalue weighted by atomic mass is 32.2. The minimum Gasteiger partial charge on any atom is -0.242 e. The van der Waals surface area contributed by atoms with Crippen molar-refractivity contribution in [1.82, 2.24) is 0 Å². The van der Waals surface area contributed by atoms with Gasteiger partial charge in [-0.2, -0.15) is 21.6 Å². The highest BCUT2D eigenvalue weighted by Gasteiger charge is 2.54. The van der Waals surface area contributed by atoms with Crippen LogP contribution in [0.3, 0.4) is 0 Å². The fraction of sp³-hybridized carbons (Fsp3) is 0.0769. The van der Waals surface area contributed by atoms with E-state index in [1.54, 1.807) is 109 Å². The van der Waals surface area contributed by atoms with Crippen molar-refractivity contribution in [3.63, 3.8) is 0 Å². The molecule has 0 saturated heterocycles. The quantitative estimate of drug-likeness (QED) is 0.184. The van der Waals surface area contributed by atoms with Gasteiger partial charge in [0, 0.05) is 5.56 Å². The smallest absolute Gasteiger partial charge is 0.242 e. The van der Waals surface area contributed by atoms with E-state index in [1.807, 2.05) is 6.07 Å². The molecule has 0 fully saturated rings. The molecule has 0 saturated carbocycles. The molecule has 0 spiro atoms. The van der Waals surface area contributed by atoms with Crippen molar-refractivity contribution in [1.29, 1.82) is 0 Å². The highest BCUT2D eigenvalue weighted by Crippen LogP contribution is 2.47. The number of halogens is 3. The Kier molecular flexibility index (Phi) is 6.10. The molecule has 0 unspecified atom stereocenters. The van der Waals surface area contributed by atoms with Crippen LogP contribution in [-0.2, 0) is 19.9 Å². The first-order chi connectivity index (χ1) is 15.8. The van der Waals surface area contributed by atoms with Gasteiger partial charge < -0.3 is 0 Å². The lowest BCUT2D eigenvalue weighted by Crippen LogP contribution is -2.40. The number of benzene rings is 4. The van der Waals surface area contributed by atoms with Gasteiger partial charge >= 0.3 is 15.6 Å². The molecule has 4 rings (SSSR count). The first-order valence-electron chi connectivity index (χ1n) is 10.0. The van der Waals surface area contributed by atoms with E-state index >= 15 is 0 Å². The van der Waals surface area contributed by atoms with Crippen molar-refractivity contribution >= 4 is 10.1 Å². The summed E-state index contributed by atoms with van der Waals surface area (Å²) in [6.45, 7) is 0. The van der Waals surface area contributed by atoms with Gasteiger partial charge in [-0.3, -0.25) is 0 Å². The minimum absolute atomic E-state index is 0.243. The van der Waals surface area contributed by atoms with Gasteiger partial charge in [0.25, 0.3) is 0 Å². The molecule has 33 heavy (non-hydrogen) atoms. The zero-order valence-corrected chi connectivity index (χ0v) is 18.1. The van der Waals surface area contributed by atoms with Crippen LogP contribution < -0.4 is 0 Å². The number of hydrogen-bond donors (Lipinski definition) is 0. The predicted molar refractivity (Wildman–Crippen MR) is 121 cm³/mol. The SMILES string of the molecule is O=S(=O)(OC(c1ccccc1)(c1ccccc1)c1ccccc1-c1ccccc1)C(F)(F)F. The third kappa shape index (κ3) is 4.29. The Morgan fingerprint density at radius 1 is 0.576 bits per heavy atom. The fourth-order valence-electron chi connectivity index (χ4n) is 3.84. The van der Waals surface area contributed by atoms with E-state index in [1.165, 1.54) is 0 Å². The average molecular weight is 468 g/mol. The molecule has 0 heterocycles. The van der Waals surface area contributed by atoms with Gasteiger partial charge in [-0.1, -0.05) is 115 Å². The van der Waals surface area contributed by atoms with Gasteiger partial charge in [0.1, 0.15) is 0 Å². The first-order valence-corrected chi connectivity index (χ1v) is 11.4. The van der Waals surface area contributed by atoms with E-state index < -0.39 is 21.2 Å². The predicted octanol–water partition coefficient (Wildman–Crippen LogP) is 6.51. The molecule has 0 N–H and O–H groups in total. The van der Waals surface area contributed by atoms with Gasteiger partial charge in [0.15, 0.2) is 5.60 Å². The lowest BCUT2D eigenvalue weighted by molar-refractivity contribution is -0.0600. The maximum Gasteiger partial charge on any atom is 0.523 e. The van der Waals surface area contributed by atoms with E-state index in [4.69, 9.17) is 4.18 Å². The van der Waals surface area contributed by atoms with Gasteiger partial charge in [0.2, 0.25) is 0 Å². The van der Waals surface area contributed by atoms with Crippen molar-refractivity contribution in [2.75, 3.05) is 0 Å². The van der Waals surface area contributed by atoms with Gasteiger partial charge in [0.05, 0.1) is 0 Å². The summed E-state index contributed by atoms with van der Waals surface area (Å²) in [6, 6.07) is 31.9. The second kappa shape index (κ2) is 8.84. The van der Waals surface area contributed by atoms with Gasteiger partial charge in [-0.05, 0) is 22.3 Å². The molecule has 0 amide bonds. The molecule has 0 aliphatic carbocycles. The first kappa shape index (κ1) is 22.8. The van der Waals surface area contributed by atoms with Crippen molar-refractivity contribution in [3.8, 4) is 11.1 Å². The molecular formula is C26H19F3O3S. The molecule has 3 nitrogen and oxygen atoms in total. The summed E-state index contributed by atoms with van der Waals surface area (Å²) in [5.74, 6) is 0. The molecule has 0 atom stereocenters. The largest absolute Gasteiger partial charge is 0.523 e. The minimum atomic E-state index is -6.00. The molecule has 168 valence electrons. The zero-order chi connectivity index (χ0) is 23.5. The summed E-state index contributed by atoms with van der Waals surface area (Å²) in [4.78, 5) is 0. The number of rotatable bonds is 6. The van der Waals surface area contributed by atoms with E-state index in [9.17, 15) is 21.6 Å². The Labute approximate surface area is 190 Å². The monoisotopic (exact) mass is 468 g/mol. The Morgan fingerprint density at radius 2 is 1.00 bits per heavy atom. The second-order valence-corrected chi connectivity index (χ2v) is 8.85. The highest BCUT2D eigenvalue weighted by molar-refractivity contribution is 7.87. The Balaban J connectivity index is 2.13. The normalized spacial score (nSPS) is 12.5. The van der Waals surface area contributed by atoms with E-state index in [2.05, 4.69) is 0 Å². The van der Waals surface area contributed by atoms with Crippen molar-refractivity contribution in [3.05, 3.63) is 132 Å². The van der Waals surface area contributed by atoms with Gasteiger partial charge in [-0.15, -0.1) is 0 Å². The van der Waals surface area contributed by atoms with Crippen LogP contribution in [0.1, 0.15) is 16.7 Å². The van der Waals surface area contributed by atoms with Crippen LogP contribution in [0.5, 0.6) is 0 Å². The maximum atomic E-state index is 13.6. The van der Waals surface area contributed by atoms with Crippen molar-refractivity contribution < 1.29 is 25.8 Å². The topological polar surface area (TPSA) is 43.4 Å². The van der Waals surface area contributed by atoms with Crippen LogP contribution in [0, 0.1) is 0 Å². The van der Waals surface area contributed by atoms with Crippen LogP contribution in [0.15, 0.2) is 115 Å². The van der Waals surface area contributed by atoms with E-state index in [0.29, 0.717) is 11.1 Å². The standard InChI is InChI=1S/C26H19F3O3S/c27-26(28,29)33(30,31)32-25(21-14-6-2-7-15-21,22-16-8-3-9-17-22)24-19-11-10-18-23(24)20-12-4-1-5-13-20/h1-19H. The second-order valence-electron chi connectivity index (χ2n) is 7.31. The molecular weight excluding hydrogens is 449 g/mol. The summed E-state index contributed by atoms with van der Waals surface area (Å²) in [5.41, 5.74) is -5.70. The molecule has 4 aromatic carbocycles. The molecule has 7 heteroatoms. The van der Waals surface area contributed by atoms with Gasteiger partial charge in [-0.25, -0.2) is 4.18 Å². The molecule has 0 bridgehead atoms. The fourth-order valence-corrected chi connectivity index (χ4v) is 4.54. The van der Waals surface area contributed by atoms with Crippen LogP contribution in [0.4, 0.5) is 13.2 Å². The summed E-state index contributed by atoms with van der Waals surface area (Å²) >= 11 is 0. The Hall–Kier alpha value is -3.42. The third-order valence-electron chi connectivity index (χ3n) is 5.27. The molecule has 4 aromatic rings. The van der Waals surface area contributed by atoms with Crippen LogP contribution in [0.25, 0.3) is 11.1 Å². The van der Waals surface area contributed by atoms with Crippen molar-refractivity contribution in [2.24, 2.45) is 0 Å². The number of hydrogen-bond acceptors (Lipinski definition) is 3. The summed E-state index contributed by atoms with van der Waals surface area (Å²) in [6.07, 6.45) is 0. The molecule has 0 aromatic heterocycles. The summed E-state index contributed by atoms with van der Waals surface area (Å²) in [5, 5.41) is 0. The number of alkyl halides is 3. The van der Waals surface area contributed by atoms with Crippen LogP contribution in [0.2, 0.25) is 0 Å². The summed E-state index contributed by atoms with van der Waals surface area (Å²) < 4.78 is 71.1. The van der Waals surface area contributed by atoms with E-state index in [-0.39, 0.29) is 16.7 Å². The molecule has 0 radical (unpaired) electrons. The molecule has 0 aliphatic heterocycles. The zero-order valence-electron chi connectivity index (χ0n) is 17.2. The third-order valence-corrected chi connectivity index (χ3v) is 6.31. The Bertz CT molecular complexity index is 1280. The summed E-state index contributed by atoms with van der Waals surface area (Å²) in [7, 11) is -6.00. The van der Waals surface area contributed by atoms with Crippen molar-refractivity contribution in [2.45, 2.75) is 11.1 Å². The van der Waals surface area contributed by atoms with Crippen LogP contribution in [-0.4, -0.2) is 13.9 Å². The molecule has 0 aliphatic rings. The maximum absolute atomic E-state index is 13.6. The Morgan fingerprint density at radius 3 is 1.48 bits per heavy atom.